The second-order valence-corrected chi connectivity index (χ2v) is 10.1. The number of ether oxygens (including phenoxy) is 2. The first-order chi connectivity index (χ1) is 11.7. The predicted molar refractivity (Wildman–Crippen MR) is 99.5 cm³/mol. The van der Waals surface area contributed by atoms with Crippen molar-refractivity contribution in [3.05, 3.63) is 29.3 Å². The number of benzene rings is 1. The Kier molecular flexibility index (Phi) is 5.06. The highest BCUT2D eigenvalue weighted by molar-refractivity contribution is 8.24. The van der Waals surface area contributed by atoms with E-state index in [9.17, 15) is 9.59 Å². The zero-order chi connectivity index (χ0) is 18.2. The molecule has 2 amide bonds. The summed E-state index contributed by atoms with van der Waals surface area (Å²) in [5, 5.41) is 4.20. The fourth-order valence-corrected chi connectivity index (χ4v) is 5.70. The Morgan fingerprint density at radius 3 is 2.56 bits per heavy atom. The van der Waals surface area contributed by atoms with Gasteiger partial charge in [0.25, 0.3) is 5.91 Å². The van der Waals surface area contributed by atoms with Crippen LogP contribution in [-0.4, -0.2) is 52.2 Å². The average Bonchev–Trinajstić information content (AvgIpc) is 2.95. The van der Waals surface area contributed by atoms with Crippen molar-refractivity contribution in [3.8, 4) is 5.75 Å². The molecule has 3 atom stereocenters. The minimum atomic E-state index is -0.482. The summed E-state index contributed by atoms with van der Waals surface area (Å²) < 4.78 is 10.8. The van der Waals surface area contributed by atoms with Gasteiger partial charge in [-0.05, 0) is 45.0 Å². The van der Waals surface area contributed by atoms with Crippen LogP contribution < -0.4 is 10.1 Å². The topological polar surface area (TPSA) is 67.9 Å². The predicted octanol–water partition coefficient (Wildman–Crippen LogP) is 2.75. The molecule has 6 nitrogen and oxygen atoms in total. The summed E-state index contributed by atoms with van der Waals surface area (Å²) in [5.41, 5.74) is -0.482. The van der Waals surface area contributed by atoms with Crippen molar-refractivity contribution in [1.82, 2.24) is 10.2 Å². The van der Waals surface area contributed by atoms with E-state index in [1.807, 2.05) is 20.8 Å². The van der Waals surface area contributed by atoms with Crippen LogP contribution in [0, 0.1) is 0 Å². The van der Waals surface area contributed by atoms with Crippen molar-refractivity contribution >= 4 is 34.5 Å². The Morgan fingerprint density at radius 2 is 2.00 bits per heavy atom. The first-order valence-electron chi connectivity index (χ1n) is 8.14. The number of rotatable bonds is 4. The minimum Gasteiger partial charge on any atom is -0.484 e. The van der Waals surface area contributed by atoms with Crippen LogP contribution in [-0.2, 0) is 9.53 Å². The number of fused-ring (bicyclic) bond motifs is 1. The molecular weight excluding hydrogens is 364 g/mol. The van der Waals surface area contributed by atoms with E-state index in [-0.39, 0.29) is 34.9 Å². The number of nitrogens with one attached hydrogen (secondary N) is 1. The summed E-state index contributed by atoms with van der Waals surface area (Å²) in [6.07, 6.45) is -0.265. The van der Waals surface area contributed by atoms with Crippen LogP contribution in [0.5, 0.6) is 5.75 Å². The molecule has 2 heterocycles. The van der Waals surface area contributed by atoms with Gasteiger partial charge in [0, 0.05) is 16.8 Å². The fraction of sp³-hybridized carbons (Fsp3) is 0.529. The van der Waals surface area contributed by atoms with Gasteiger partial charge in [-0.3, -0.25) is 9.69 Å². The molecule has 2 unspecified atom stereocenters. The molecule has 2 fully saturated rings. The van der Waals surface area contributed by atoms with Crippen molar-refractivity contribution < 1.29 is 19.1 Å². The second kappa shape index (κ2) is 6.96. The maximum atomic E-state index is 12.0. The number of carbonyl (C=O) groups is 2. The van der Waals surface area contributed by atoms with E-state index in [0.29, 0.717) is 28.4 Å². The van der Waals surface area contributed by atoms with Crippen LogP contribution in [0.3, 0.4) is 0 Å². The van der Waals surface area contributed by atoms with Crippen LogP contribution in [0.15, 0.2) is 24.3 Å². The van der Waals surface area contributed by atoms with E-state index < -0.39 is 5.60 Å². The van der Waals surface area contributed by atoms with Crippen LogP contribution in [0.1, 0.15) is 20.8 Å². The Labute approximate surface area is 155 Å². The average molecular weight is 387 g/mol. The summed E-state index contributed by atoms with van der Waals surface area (Å²) in [7, 11) is -0.357. The molecule has 1 aromatic rings. The fourth-order valence-electron chi connectivity index (χ4n) is 2.73. The molecule has 1 aromatic carbocycles. The normalized spacial score (nSPS) is 25.9. The Balaban J connectivity index is 1.38. The maximum absolute atomic E-state index is 12.0. The lowest BCUT2D eigenvalue weighted by Gasteiger charge is -2.25. The van der Waals surface area contributed by atoms with Gasteiger partial charge in [0.1, 0.15) is 11.4 Å². The molecule has 138 valence electrons. The molecule has 2 aliphatic heterocycles. The van der Waals surface area contributed by atoms with E-state index in [4.69, 9.17) is 21.1 Å². The number of halogens is 1. The highest BCUT2D eigenvalue weighted by Crippen LogP contribution is 2.60. The van der Waals surface area contributed by atoms with Crippen LogP contribution in [0.2, 0.25) is 5.02 Å². The molecular formula is C17H23ClN2O4S. The lowest BCUT2D eigenvalue weighted by molar-refractivity contribution is -0.123. The van der Waals surface area contributed by atoms with E-state index in [1.165, 1.54) is 0 Å². The standard InChI is InChI=1S/C17H23ClN2O4S/c1-17(2,3)24-16(22)20-8-13-15(25(13)10-20)19-14(21)9-23-12-6-4-11(18)5-7-12/h4-7,13,15,25H,8-10H2,1-3H3,(H,19,21)/t13?,15-/m0/s1. The Bertz CT molecular complexity index is 650. The maximum Gasteiger partial charge on any atom is 0.410 e. The summed E-state index contributed by atoms with van der Waals surface area (Å²) in [5.74, 6) is 1.16. The molecule has 2 aliphatic rings. The third-order valence-corrected chi connectivity index (χ3v) is 7.04. The van der Waals surface area contributed by atoms with E-state index in [2.05, 4.69) is 5.32 Å². The van der Waals surface area contributed by atoms with Gasteiger partial charge in [0.2, 0.25) is 0 Å². The molecule has 3 rings (SSSR count). The highest BCUT2D eigenvalue weighted by atomic mass is 35.5. The molecule has 0 aliphatic carbocycles. The lowest BCUT2D eigenvalue weighted by atomic mass is 10.2. The molecule has 8 heteroatoms. The van der Waals surface area contributed by atoms with Crippen molar-refractivity contribution in [2.45, 2.75) is 37.0 Å². The smallest absolute Gasteiger partial charge is 0.410 e. The van der Waals surface area contributed by atoms with Crippen LogP contribution >= 0.6 is 22.5 Å². The van der Waals surface area contributed by atoms with Gasteiger partial charge in [-0.2, -0.15) is 0 Å². The molecule has 25 heavy (non-hydrogen) atoms. The minimum absolute atomic E-state index is 0.0240. The molecule has 0 spiro atoms. The lowest BCUT2D eigenvalue weighted by Crippen LogP contribution is -2.40. The van der Waals surface area contributed by atoms with Gasteiger partial charge in [0.05, 0.1) is 11.3 Å². The van der Waals surface area contributed by atoms with Gasteiger partial charge in [-0.25, -0.2) is 15.7 Å². The molecule has 0 bridgehead atoms. The van der Waals surface area contributed by atoms with E-state index >= 15 is 0 Å². The number of carbonyl (C=O) groups excluding carboxylic acids is 2. The van der Waals surface area contributed by atoms with Gasteiger partial charge in [-0.15, -0.1) is 0 Å². The first-order valence-corrected chi connectivity index (χ1v) is 10.2. The Morgan fingerprint density at radius 1 is 1.32 bits per heavy atom. The van der Waals surface area contributed by atoms with Crippen molar-refractivity contribution in [1.29, 1.82) is 0 Å². The monoisotopic (exact) mass is 386 g/mol. The van der Waals surface area contributed by atoms with Crippen molar-refractivity contribution in [2.24, 2.45) is 0 Å². The van der Waals surface area contributed by atoms with Gasteiger partial charge >= 0.3 is 6.09 Å². The number of nitrogens with zero attached hydrogens (tertiary/aromatic N) is 1. The number of thiol groups is 1. The van der Waals surface area contributed by atoms with E-state index in [0.717, 1.165) is 0 Å². The van der Waals surface area contributed by atoms with Crippen LogP contribution in [0.25, 0.3) is 0 Å². The summed E-state index contributed by atoms with van der Waals surface area (Å²) in [6.45, 7) is 6.21. The van der Waals surface area contributed by atoms with Gasteiger partial charge < -0.3 is 14.8 Å². The third kappa shape index (κ3) is 4.73. The summed E-state index contributed by atoms with van der Waals surface area (Å²) in [4.78, 5) is 25.8. The molecule has 0 saturated carbocycles. The van der Waals surface area contributed by atoms with E-state index in [1.54, 1.807) is 29.2 Å². The quantitative estimate of drug-likeness (QED) is 0.616. The Hall–Kier alpha value is -1.60. The SMILES string of the molecule is CC(C)(C)OC(=O)N1CC2[C@@H](NC(=O)COc3ccc(Cl)cc3)[SH]2C1. The van der Waals surface area contributed by atoms with Crippen molar-refractivity contribution in [2.75, 3.05) is 19.0 Å². The number of hydrogen-bond donors (Lipinski definition) is 2. The molecule has 2 saturated heterocycles. The van der Waals surface area contributed by atoms with Crippen molar-refractivity contribution in [3.63, 3.8) is 0 Å². The molecule has 0 radical (unpaired) electrons. The summed E-state index contributed by atoms with van der Waals surface area (Å²) in [6, 6.07) is 6.89. The molecule has 1 N–H and O–H groups in total. The second-order valence-electron chi connectivity index (χ2n) is 7.18. The highest BCUT2D eigenvalue weighted by Gasteiger charge is 2.55. The third-order valence-electron chi connectivity index (χ3n) is 3.94. The number of hydrogen-bond acceptors (Lipinski definition) is 4. The number of amides is 2. The zero-order valence-corrected chi connectivity index (χ0v) is 16.1. The molecule has 0 aromatic heterocycles. The zero-order valence-electron chi connectivity index (χ0n) is 14.5. The first kappa shape index (κ1) is 18.2. The largest absolute Gasteiger partial charge is 0.484 e. The van der Waals surface area contributed by atoms with Gasteiger partial charge in [0.15, 0.2) is 6.61 Å². The van der Waals surface area contributed by atoms with Gasteiger partial charge in [-0.1, -0.05) is 11.6 Å². The summed E-state index contributed by atoms with van der Waals surface area (Å²) >= 11 is 5.81. The van der Waals surface area contributed by atoms with Crippen LogP contribution in [0.4, 0.5) is 4.79 Å².